The van der Waals surface area contributed by atoms with Crippen molar-refractivity contribution >= 4 is 40.2 Å². The van der Waals surface area contributed by atoms with Crippen LogP contribution in [-0.4, -0.2) is 144 Å². The Morgan fingerprint density at radius 2 is 1.66 bits per heavy atom. The molecule has 0 unspecified atom stereocenters. The summed E-state index contributed by atoms with van der Waals surface area (Å²) in [6.45, 7) is 16.3. The Kier molecular flexibility index (Phi) is 15.9. The van der Waals surface area contributed by atoms with E-state index in [0.29, 0.717) is 19.4 Å². The number of cyclic esters (lactones) is 1. The van der Waals surface area contributed by atoms with E-state index in [-0.39, 0.29) is 37.3 Å². The lowest BCUT2D eigenvalue weighted by Gasteiger charge is -2.47. The third kappa shape index (κ3) is 9.81. The fourth-order valence-corrected chi connectivity index (χ4v) is 10.2. The molecule has 62 heavy (non-hydrogen) atoms. The molecule has 0 bridgehead atoms. The van der Waals surface area contributed by atoms with Gasteiger partial charge in [0.2, 0.25) is 0 Å². The summed E-state index contributed by atoms with van der Waals surface area (Å²) in [6.07, 6.45) is -1.14. The van der Waals surface area contributed by atoms with E-state index in [9.17, 15) is 24.3 Å². The largest absolute Gasteiger partial charge is 0.455 e. The van der Waals surface area contributed by atoms with Crippen LogP contribution in [0.3, 0.4) is 0 Å². The topological polar surface area (TPSA) is 157 Å². The van der Waals surface area contributed by atoms with Crippen molar-refractivity contribution in [3.8, 4) is 0 Å². The third-order valence-corrected chi connectivity index (χ3v) is 13.8. The molecule has 0 spiro atoms. The van der Waals surface area contributed by atoms with Crippen LogP contribution in [-0.2, 0) is 38.1 Å². The third-order valence-electron chi connectivity index (χ3n) is 13.8. The molecule has 1 aromatic heterocycles. The normalized spacial score (nSPS) is 36.3. The zero-order chi connectivity index (χ0) is 45.9. The van der Waals surface area contributed by atoms with Gasteiger partial charge >= 0.3 is 12.1 Å². The number of anilines is 1. The van der Waals surface area contributed by atoms with Crippen LogP contribution >= 0.6 is 0 Å². The van der Waals surface area contributed by atoms with Crippen LogP contribution < -0.4 is 4.90 Å². The van der Waals surface area contributed by atoms with Crippen LogP contribution in [0.25, 0.3) is 10.9 Å². The summed E-state index contributed by atoms with van der Waals surface area (Å²) in [6, 6.07) is 8.66. The number of aliphatic hydroxyl groups excluding tert-OH is 1. The minimum atomic E-state index is -3.18. The van der Waals surface area contributed by atoms with E-state index >= 15 is 4.39 Å². The van der Waals surface area contributed by atoms with Gasteiger partial charge in [-0.1, -0.05) is 59.2 Å². The van der Waals surface area contributed by atoms with Crippen LogP contribution in [0.4, 0.5) is 14.9 Å². The molecule has 14 nitrogen and oxygen atoms in total. The van der Waals surface area contributed by atoms with Gasteiger partial charge in [-0.25, -0.2) is 14.0 Å². The second-order valence-electron chi connectivity index (χ2n) is 18.6. The lowest BCUT2D eigenvalue weighted by Crippen LogP contribution is -2.61. The van der Waals surface area contributed by atoms with Crippen molar-refractivity contribution in [3.05, 3.63) is 36.5 Å². The van der Waals surface area contributed by atoms with E-state index in [0.717, 1.165) is 42.9 Å². The fraction of sp³-hybridized carbons (Fsp3) is 0.723. The molecular weight excluding hydrogens is 800 g/mol. The van der Waals surface area contributed by atoms with E-state index in [2.05, 4.69) is 16.8 Å². The predicted octanol–water partition coefficient (Wildman–Crippen LogP) is 6.53. The number of para-hydroxylation sites is 1. The summed E-state index contributed by atoms with van der Waals surface area (Å²) in [7, 11) is 5.07. The van der Waals surface area contributed by atoms with Crippen molar-refractivity contribution < 1.29 is 52.4 Å². The lowest BCUT2D eigenvalue weighted by molar-refractivity contribution is -0.295. The predicted molar refractivity (Wildman–Crippen MR) is 233 cm³/mol. The molecule has 3 saturated heterocycles. The number of aliphatic hydroxyl groups is 1. The number of esters is 1. The maximum absolute atomic E-state index is 17.0. The van der Waals surface area contributed by atoms with Crippen molar-refractivity contribution in [3.63, 3.8) is 0 Å². The van der Waals surface area contributed by atoms with E-state index in [1.807, 2.05) is 56.3 Å². The van der Waals surface area contributed by atoms with Crippen molar-refractivity contribution in [1.82, 2.24) is 14.8 Å². The Bertz CT molecular complexity index is 1890. The highest BCUT2D eigenvalue weighted by Gasteiger charge is 2.61. The Labute approximate surface area is 367 Å². The number of amides is 1. The molecule has 3 aliphatic heterocycles. The minimum Gasteiger partial charge on any atom is -0.455 e. The number of fused-ring (bicyclic) bond motifs is 2. The monoisotopic (exact) mass is 871 g/mol. The van der Waals surface area contributed by atoms with Crippen molar-refractivity contribution in [2.75, 3.05) is 45.7 Å². The Morgan fingerprint density at radius 1 is 0.984 bits per heavy atom. The number of nitrogens with zero attached hydrogens (tertiary/aromatic N) is 4. The first-order chi connectivity index (χ1) is 29.2. The number of Topliss-reactive ketones (excluding diaryl/α,β-unsaturated/α-hetero) is 2. The van der Waals surface area contributed by atoms with Gasteiger partial charge in [0, 0.05) is 67.8 Å². The van der Waals surface area contributed by atoms with Crippen LogP contribution in [0.5, 0.6) is 0 Å². The Morgan fingerprint density at radius 3 is 2.31 bits per heavy atom. The van der Waals surface area contributed by atoms with Gasteiger partial charge in [-0.3, -0.25) is 14.6 Å². The highest BCUT2D eigenvalue weighted by atomic mass is 19.1. The molecular formula is C47H71FN4O10. The molecule has 0 saturated carbocycles. The highest BCUT2D eigenvalue weighted by Crippen LogP contribution is 2.44. The number of ketones is 2. The summed E-state index contributed by atoms with van der Waals surface area (Å²) in [5.41, 5.74) is -4.33. The van der Waals surface area contributed by atoms with Crippen LogP contribution in [0.2, 0.25) is 0 Å². The standard InChI is InChI=1S/C47H71FN4O10/c1-13-15-23-51(34-21-22-49-33-20-17-16-19-32(33)34)24-18-25-52-39-30(5)37(53)28(3)27-45(7,58-12)41(61-42-38(54)35(50(10)11)26-29(4)59-42)31(6)40(55)46(8,48)43(56)60-36(14-2)47(39,9)62-44(52)57/h16-17,19-22,28-31,35-36,38-39,41-42,54H,13-15,18,23-27H2,1-12H3/t28-,29-,30+,31+,35+,36-,38-,39-,41-,42+,45+,46+,47-/m1/s1. The van der Waals surface area contributed by atoms with Gasteiger partial charge in [0.15, 0.2) is 17.7 Å². The number of halogens is 1. The number of hydrogen-bond acceptors (Lipinski definition) is 13. The molecule has 5 rings (SSSR count). The number of carbonyl (C=O) groups excluding carboxylic acids is 4. The minimum absolute atomic E-state index is 0.000391. The van der Waals surface area contributed by atoms with Gasteiger partial charge in [-0.15, -0.1) is 0 Å². The summed E-state index contributed by atoms with van der Waals surface area (Å²) in [4.78, 5) is 67.6. The molecule has 1 amide bonds. The number of rotatable bonds is 13. The molecule has 1 N–H and O–H groups in total. The van der Waals surface area contributed by atoms with Crippen LogP contribution in [0.15, 0.2) is 36.5 Å². The molecule has 0 aliphatic carbocycles. The van der Waals surface area contributed by atoms with E-state index in [1.54, 1.807) is 45.7 Å². The zero-order valence-electron chi connectivity index (χ0n) is 38.9. The molecule has 2 aromatic rings. The number of methoxy groups -OCH3 is 1. The highest BCUT2D eigenvalue weighted by molar-refractivity contribution is 6.08. The number of alkyl halides is 1. The molecule has 13 atom stereocenters. The molecule has 1 aromatic carbocycles. The second kappa shape index (κ2) is 20.0. The number of aromatic nitrogens is 1. The number of unbranched alkanes of at least 4 members (excludes halogenated alkanes) is 1. The molecule has 0 radical (unpaired) electrons. The summed E-state index contributed by atoms with van der Waals surface area (Å²) in [5, 5.41) is 12.5. The quantitative estimate of drug-likeness (QED) is 0.172. The van der Waals surface area contributed by atoms with E-state index in [4.69, 9.17) is 23.7 Å². The first kappa shape index (κ1) is 49.3. The molecule has 15 heteroatoms. The van der Waals surface area contributed by atoms with Gasteiger partial charge < -0.3 is 43.5 Å². The summed E-state index contributed by atoms with van der Waals surface area (Å²) >= 11 is 0. The zero-order valence-corrected chi connectivity index (χ0v) is 38.9. The summed E-state index contributed by atoms with van der Waals surface area (Å²) in [5.74, 6) is -5.78. The number of pyridine rings is 1. The summed E-state index contributed by atoms with van der Waals surface area (Å²) < 4.78 is 47.9. The first-order valence-electron chi connectivity index (χ1n) is 22.4. The fourth-order valence-electron chi connectivity index (χ4n) is 10.2. The molecule has 346 valence electrons. The van der Waals surface area contributed by atoms with E-state index in [1.165, 1.54) is 14.0 Å². The van der Waals surface area contributed by atoms with Crippen LogP contribution in [0.1, 0.15) is 101 Å². The maximum Gasteiger partial charge on any atom is 0.410 e. The SMILES string of the molecule is CCCCN(CCCN1C(=O)O[C@]2(C)[C@@H](CC)OC(=O)[C@@](C)(F)C(=O)[C@H](C)[C@@H](O[C@@H]3O[C@H](C)C[C@H](N(C)C)[C@H]3O)[C@@](C)(OC)C[C@@H](C)C(=O)[C@H](C)[C@@H]12)c1ccnc2ccccc12. The molecule has 3 fully saturated rings. The number of ether oxygens (including phenoxy) is 5. The number of benzene rings is 1. The first-order valence-corrected chi connectivity index (χ1v) is 22.4. The van der Waals surface area contributed by atoms with Gasteiger partial charge in [-0.2, -0.15) is 0 Å². The molecule has 3 aliphatic rings. The Balaban J connectivity index is 1.52. The van der Waals surface area contributed by atoms with Crippen molar-refractivity contribution in [2.45, 2.75) is 160 Å². The van der Waals surface area contributed by atoms with Gasteiger partial charge in [0.25, 0.3) is 5.67 Å². The van der Waals surface area contributed by atoms with Crippen molar-refractivity contribution in [1.29, 1.82) is 0 Å². The average molecular weight is 871 g/mol. The van der Waals surface area contributed by atoms with Gasteiger partial charge in [0.05, 0.1) is 29.4 Å². The maximum atomic E-state index is 17.0. The molecule has 4 heterocycles. The lowest BCUT2D eigenvalue weighted by atomic mass is 9.73. The number of carbonyl (C=O) groups is 4. The number of likely N-dealkylation sites (N-methyl/N-ethyl adjacent to an activating group) is 1. The van der Waals surface area contributed by atoms with E-state index < -0.39 is 83.1 Å². The van der Waals surface area contributed by atoms with Gasteiger partial charge in [-0.05, 0) is 86.0 Å². The smallest absolute Gasteiger partial charge is 0.410 e. The Hall–Kier alpha value is -3.76. The average Bonchev–Trinajstić information content (AvgIpc) is 3.50. The van der Waals surface area contributed by atoms with Crippen molar-refractivity contribution in [2.24, 2.45) is 17.8 Å². The number of hydrogen-bond donors (Lipinski definition) is 1. The second-order valence-corrected chi connectivity index (χ2v) is 18.6. The van der Waals surface area contributed by atoms with Gasteiger partial charge in [0.1, 0.15) is 18.0 Å². The van der Waals surface area contributed by atoms with Crippen LogP contribution in [0, 0.1) is 17.8 Å².